The molecule has 88 valence electrons. The molecular formula is C16H12S2. The molecule has 1 heterocycles. The van der Waals surface area contributed by atoms with Gasteiger partial charge in [-0.3, -0.25) is 0 Å². The van der Waals surface area contributed by atoms with Crippen LogP contribution in [0.25, 0.3) is 11.0 Å². The molecule has 0 bridgehead atoms. The summed E-state index contributed by atoms with van der Waals surface area (Å²) in [6.45, 7) is 0. The highest BCUT2D eigenvalue weighted by atomic mass is 32.2. The predicted octanol–water partition coefficient (Wildman–Crippen LogP) is 5.46. The van der Waals surface area contributed by atoms with Crippen LogP contribution < -0.4 is 0 Å². The molecule has 2 aromatic carbocycles. The molecule has 3 rings (SSSR count). The molecule has 0 aliphatic carbocycles. The number of hydrogen-bond acceptors (Lipinski definition) is 2. The Morgan fingerprint density at radius 2 is 1.44 bits per heavy atom. The Morgan fingerprint density at radius 3 is 2.17 bits per heavy atom. The zero-order chi connectivity index (χ0) is 12.2. The lowest BCUT2D eigenvalue weighted by molar-refractivity contribution is 1.66. The van der Waals surface area contributed by atoms with Crippen LogP contribution in [0.5, 0.6) is 0 Å². The van der Waals surface area contributed by atoms with Gasteiger partial charge in [0.1, 0.15) is 0 Å². The lowest BCUT2D eigenvalue weighted by Crippen LogP contribution is -1.74. The van der Waals surface area contributed by atoms with Crippen LogP contribution in [-0.2, 0) is 0 Å². The van der Waals surface area contributed by atoms with Crippen molar-refractivity contribution in [3.63, 3.8) is 0 Å². The van der Waals surface area contributed by atoms with Crippen LogP contribution in [0.3, 0.4) is 0 Å². The van der Waals surface area contributed by atoms with Crippen LogP contribution in [0, 0.1) is 0 Å². The molecule has 0 saturated carbocycles. The largest absolute Gasteiger partial charge is 0.0895 e. The Bertz CT molecular complexity index is 583. The third kappa shape index (κ3) is 2.71. The minimum atomic E-state index is 1.26. The van der Waals surface area contributed by atoms with Crippen molar-refractivity contribution in [3.8, 4) is 0 Å². The number of rotatable bonds is 2. The standard InChI is InChI=1S/C16H12S2/c1-3-7-13(8-4-1)11-16-17-12-15(18-16)14-9-5-2-6-10-14/h1-12H/b16-11+. The molecule has 0 unspecified atom stereocenters. The van der Waals surface area contributed by atoms with E-state index in [9.17, 15) is 0 Å². The van der Waals surface area contributed by atoms with Crippen molar-refractivity contribution in [2.75, 3.05) is 0 Å². The molecule has 0 saturated heterocycles. The molecule has 0 N–H and O–H groups in total. The molecular weight excluding hydrogens is 256 g/mol. The zero-order valence-corrected chi connectivity index (χ0v) is 11.4. The monoisotopic (exact) mass is 268 g/mol. The second kappa shape index (κ2) is 5.51. The third-order valence-corrected chi connectivity index (χ3v) is 4.92. The van der Waals surface area contributed by atoms with E-state index in [1.807, 2.05) is 17.8 Å². The van der Waals surface area contributed by atoms with Gasteiger partial charge in [-0.05, 0) is 22.6 Å². The average Bonchev–Trinajstić information content (AvgIpc) is 2.89. The highest BCUT2D eigenvalue weighted by Gasteiger charge is 2.13. The van der Waals surface area contributed by atoms with Crippen molar-refractivity contribution >= 4 is 34.5 Å². The van der Waals surface area contributed by atoms with Crippen LogP contribution in [0.2, 0.25) is 0 Å². The van der Waals surface area contributed by atoms with Gasteiger partial charge in [0.2, 0.25) is 0 Å². The molecule has 1 aliphatic rings. The van der Waals surface area contributed by atoms with E-state index >= 15 is 0 Å². The van der Waals surface area contributed by atoms with Crippen LogP contribution in [0.15, 0.2) is 70.3 Å². The molecule has 0 fully saturated rings. The minimum absolute atomic E-state index is 1.26. The van der Waals surface area contributed by atoms with Gasteiger partial charge in [0.25, 0.3) is 0 Å². The summed E-state index contributed by atoms with van der Waals surface area (Å²) < 4.78 is 1.33. The van der Waals surface area contributed by atoms with E-state index in [1.54, 1.807) is 11.8 Å². The maximum absolute atomic E-state index is 2.24. The van der Waals surface area contributed by atoms with Crippen molar-refractivity contribution in [2.45, 2.75) is 0 Å². The summed E-state index contributed by atoms with van der Waals surface area (Å²) >= 11 is 3.65. The van der Waals surface area contributed by atoms with E-state index in [4.69, 9.17) is 0 Å². The number of benzene rings is 2. The fraction of sp³-hybridized carbons (Fsp3) is 0. The van der Waals surface area contributed by atoms with Crippen molar-refractivity contribution in [2.24, 2.45) is 0 Å². The topological polar surface area (TPSA) is 0 Å². The van der Waals surface area contributed by atoms with Gasteiger partial charge in [0, 0.05) is 9.14 Å². The molecule has 0 spiro atoms. The van der Waals surface area contributed by atoms with Crippen LogP contribution in [0.1, 0.15) is 11.1 Å². The lowest BCUT2D eigenvalue weighted by Gasteiger charge is -2.00. The first-order valence-corrected chi connectivity index (χ1v) is 7.48. The molecule has 1 aliphatic heterocycles. The van der Waals surface area contributed by atoms with E-state index in [-0.39, 0.29) is 0 Å². The molecule has 0 radical (unpaired) electrons. The van der Waals surface area contributed by atoms with Crippen molar-refractivity contribution < 1.29 is 0 Å². The molecule has 2 heteroatoms. The maximum atomic E-state index is 2.24. The number of hydrogen-bond donors (Lipinski definition) is 0. The third-order valence-electron chi connectivity index (χ3n) is 2.64. The fourth-order valence-corrected chi connectivity index (χ4v) is 3.92. The summed E-state index contributed by atoms with van der Waals surface area (Å²) in [6, 6.07) is 21.0. The van der Waals surface area contributed by atoms with Crippen molar-refractivity contribution in [1.29, 1.82) is 0 Å². The molecule has 0 nitrogen and oxygen atoms in total. The number of thioether (sulfide) groups is 2. The Morgan fingerprint density at radius 1 is 0.778 bits per heavy atom. The normalized spacial score (nSPS) is 16.9. The summed E-state index contributed by atoms with van der Waals surface area (Å²) in [5, 5.41) is 2.23. The van der Waals surface area contributed by atoms with Crippen LogP contribution >= 0.6 is 23.5 Å². The molecule has 0 atom stereocenters. The Labute approximate surface area is 116 Å². The molecule has 2 aromatic rings. The highest BCUT2D eigenvalue weighted by molar-refractivity contribution is 8.31. The highest BCUT2D eigenvalue weighted by Crippen LogP contribution is 2.48. The first-order chi connectivity index (χ1) is 8.92. The second-order valence-electron chi connectivity index (χ2n) is 3.94. The van der Waals surface area contributed by atoms with Crippen LogP contribution in [-0.4, -0.2) is 0 Å². The van der Waals surface area contributed by atoms with Gasteiger partial charge < -0.3 is 0 Å². The summed E-state index contributed by atoms with van der Waals surface area (Å²) in [6.07, 6.45) is 2.24. The SMILES string of the molecule is C1=C(c2ccccc2)S/C(=C/c2ccccc2)S1. The zero-order valence-electron chi connectivity index (χ0n) is 9.74. The van der Waals surface area contributed by atoms with E-state index in [0.717, 1.165) is 0 Å². The van der Waals surface area contributed by atoms with E-state index in [0.29, 0.717) is 0 Å². The first kappa shape index (κ1) is 11.7. The smallest absolute Gasteiger partial charge is 0.0499 e. The van der Waals surface area contributed by atoms with E-state index < -0.39 is 0 Å². The van der Waals surface area contributed by atoms with Gasteiger partial charge in [-0.1, -0.05) is 84.2 Å². The predicted molar refractivity (Wildman–Crippen MR) is 84.0 cm³/mol. The van der Waals surface area contributed by atoms with E-state index in [1.165, 1.54) is 20.3 Å². The van der Waals surface area contributed by atoms with Gasteiger partial charge in [-0.15, -0.1) is 0 Å². The van der Waals surface area contributed by atoms with Crippen molar-refractivity contribution in [1.82, 2.24) is 0 Å². The Balaban J connectivity index is 1.77. The fourth-order valence-electron chi connectivity index (χ4n) is 1.75. The van der Waals surface area contributed by atoms with Gasteiger partial charge in [-0.2, -0.15) is 0 Å². The quantitative estimate of drug-likeness (QED) is 0.709. The average molecular weight is 268 g/mol. The van der Waals surface area contributed by atoms with Crippen molar-refractivity contribution in [3.05, 3.63) is 81.4 Å². The molecule has 18 heavy (non-hydrogen) atoms. The van der Waals surface area contributed by atoms with Crippen LogP contribution in [0.4, 0.5) is 0 Å². The summed E-state index contributed by atoms with van der Waals surface area (Å²) in [5.74, 6) is 0. The minimum Gasteiger partial charge on any atom is -0.0895 e. The molecule has 0 amide bonds. The second-order valence-corrected chi connectivity index (χ2v) is 6.20. The summed E-state index contributed by atoms with van der Waals surface area (Å²) in [7, 11) is 0. The van der Waals surface area contributed by atoms with Gasteiger partial charge in [0.05, 0.1) is 0 Å². The van der Waals surface area contributed by atoms with E-state index in [2.05, 4.69) is 66.1 Å². The Hall–Kier alpha value is -1.38. The Kier molecular flexibility index (Phi) is 3.58. The molecule has 0 aromatic heterocycles. The van der Waals surface area contributed by atoms with Gasteiger partial charge >= 0.3 is 0 Å². The lowest BCUT2D eigenvalue weighted by atomic mass is 10.2. The van der Waals surface area contributed by atoms with Gasteiger partial charge in [-0.25, -0.2) is 0 Å². The van der Waals surface area contributed by atoms with Gasteiger partial charge in [0.15, 0.2) is 0 Å². The first-order valence-electron chi connectivity index (χ1n) is 5.79. The summed E-state index contributed by atoms with van der Waals surface area (Å²) in [5.41, 5.74) is 2.56. The summed E-state index contributed by atoms with van der Waals surface area (Å²) in [4.78, 5) is 1.34. The maximum Gasteiger partial charge on any atom is 0.0499 e.